The van der Waals surface area contributed by atoms with Crippen molar-refractivity contribution in [3.05, 3.63) is 0 Å². The zero-order valence-electron chi connectivity index (χ0n) is 18.1. The number of guanidine groups is 1. The van der Waals surface area contributed by atoms with E-state index in [2.05, 4.69) is 20.9 Å². The van der Waals surface area contributed by atoms with Crippen LogP contribution in [0.3, 0.4) is 0 Å². The molecule has 1 rings (SSSR count). The Morgan fingerprint density at radius 1 is 1.32 bits per heavy atom. The molecule has 2 unspecified atom stereocenters. The van der Waals surface area contributed by atoms with Crippen molar-refractivity contribution >= 4 is 36.0 Å². The Balaban J connectivity index is 0.00000729. The van der Waals surface area contributed by atoms with Gasteiger partial charge in [-0.2, -0.15) is 0 Å². The lowest BCUT2D eigenvalue weighted by Gasteiger charge is -2.29. The number of hydrogen-bond acceptors (Lipinski definition) is 5. The van der Waals surface area contributed by atoms with Gasteiger partial charge in [0.05, 0.1) is 12.6 Å². The first-order valence-electron chi connectivity index (χ1n) is 9.73. The van der Waals surface area contributed by atoms with Gasteiger partial charge < -0.3 is 30.5 Å². The van der Waals surface area contributed by atoms with E-state index in [0.717, 1.165) is 13.0 Å². The van der Waals surface area contributed by atoms with Crippen LogP contribution in [0.5, 0.6) is 0 Å². The molecule has 0 spiro atoms. The molecule has 0 aromatic carbocycles. The van der Waals surface area contributed by atoms with Gasteiger partial charge in [-0.1, -0.05) is 13.8 Å². The minimum Gasteiger partial charge on any atom is -0.444 e. The van der Waals surface area contributed by atoms with Crippen molar-refractivity contribution in [1.82, 2.24) is 16.0 Å². The first-order chi connectivity index (χ1) is 12.6. The van der Waals surface area contributed by atoms with Crippen LogP contribution in [0.2, 0.25) is 0 Å². The molecule has 0 bridgehead atoms. The normalized spacial score (nSPS) is 21.1. The Hall–Kier alpha value is -0.810. The largest absolute Gasteiger partial charge is 0.444 e. The Morgan fingerprint density at radius 3 is 2.46 bits per heavy atom. The third-order valence-corrected chi connectivity index (χ3v) is 4.68. The van der Waals surface area contributed by atoms with E-state index < -0.39 is 11.7 Å². The Kier molecular flexibility index (Phi) is 12.3. The Morgan fingerprint density at radius 2 is 2.00 bits per heavy atom. The summed E-state index contributed by atoms with van der Waals surface area (Å²) in [4.78, 5) is 16.3. The van der Waals surface area contributed by atoms with Crippen molar-refractivity contribution in [3.63, 3.8) is 0 Å². The molecule has 9 heteroatoms. The van der Waals surface area contributed by atoms with Gasteiger partial charge in [-0.15, -0.1) is 24.0 Å². The quantitative estimate of drug-likeness (QED) is 0.225. The number of carbonyl (C=O) groups excluding carboxylic acids is 1. The van der Waals surface area contributed by atoms with E-state index in [-0.39, 0.29) is 48.0 Å². The molecule has 0 radical (unpaired) electrons. The maximum Gasteiger partial charge on any atom is 0.407 e. The van der Waals surface area contributed by atoms with E-state index >= 15 is 0 Å². The maximum absolute atomic E-state index is 12.1. The van der Waals surface area contributed by atoms with Crippen LogP contribution in [0.15, 0.2) is 4.99 Å². The number of carbonyl (C=O) groups is 1. The van der Waals surface area contributed by atoms with E-state index in [1.54, 1.807) is 7.05 Å². The van der Waals surface area contributed by atoms with Gasteiger partial charge in [-0.25, -0.2) is 4.79 Å². The van der Waals surface area contributed by atoms with Crippen LogP contribution in [0.1, 0.15) is 47.5 Å². The zero-order valence-corrected chi connectivity index (χ0v) is 20.5. The van der Waals surface area contributed by atoms with Gasteiger partial charge in [0.25, 0.3) is 0 Å². The van der Waals surface area contributed by atoms with Crippen LogP contribution >= 0.6 is 24.0 Å². The molecule has 1 amide bonds. The molecule has 4 N–H and O–H groups in total. The summed E-state index contributed by atoms with van der Waals surface area (Å²) in [7, 11) is 1.71. The van der Waals surface area contributed by atoms with Crippen LogP contribution in [0, 0.1) is 11.3 Å². The minimum absolute atomic E-state index is 0. The summed E-state index contributed by atoms with van der Waals surface area (Å²) in [6.45, 7) is 12.3. The predicted octanol–water partition coefficient (Wildman–Crippen LogP) is 2.11. The van der Waals surface area contributed by atoms with Crippen molar-refractivity contribution in [2.24, 2.45) is 16.3 Å². The summed E-state index contributed by atoms with van der Waals surface area (Å²) >= 11 is 0. The lowest BCUT2D eigenvalue weighted by atomic mass is 9.84. The van der Waals surface area contributed by atoms with Crippen molar-refractivity contribution in [1.29, 1.82) is 0 Å². The highest BCUT2D eigenvalue weighted by Gasteiger charge is 2.34. The van der Waals surface area contributed by atoms with Crippen molar-refractivity contribution in [2.75, 3.05) is 40.0 Å². The predicted molar refractivity (Wildman–Crippen MR) is 122 cm³/mol. The number of nitrogens with one attached hydrogen (secondary N) is 3. The number of alkyl carbamates (subject to hydrolysis) is 1. The number of aliphatic imine (C=N–C) groups is 1. The summed E-state index contributed by atoms with van der Waals surface area (Å²) in [6, 6.07) is -0.0976. The molecule has 1 saturated heterocycles. The van der Waals surface area contributed by atoms with Gasteiger partial charge >= 0.3 is 6.09 Å². The van der Waals surface area contributed by atoms with Crippen LogP contribution in [-0.4, -0.2) is 68.8 Å². The number of ether oxygens (including phenoxy) is 2. The molecule has 1 fully saturated rings. The molecule has 0 aliphatic carbocycles. The number of hydrogen-bond donors (Lipinski definition) is 4. The van der Waals surface area contributed by atoms with Crippen LogP contribution in [0.4, 0.5) is 4.79 Å². The first-order valence-corrected chi connectivity index (χ1v) is 9.73. The molecule has 0 aromatic heterocycles. The Bertz CT molecular complexity index is 489. The average molecular weight is 514 g/mol. The fraction of sp³-hybridized carbons (Fsp3) is 0.895. The highest BCUT2D eigenvalue weighted by molar-refractivity contribution is 14.0. The van der Waals surface area contributed by atoms with Crippen molar-refractivity contribution < 1.29 is 19.4 Å². The topological polar surface area (TPSA) is 104 Å². The van der Waals surface area contributed by atoms with E-state index in [1.807, 2.05) is 34.6 Å². The number of halogens is 1. The molecule has 0 aromatic rings. The fourth-order valence-electron chi connectivity index (χ4n) is 2.92. The molecular weight excluding hydrogens is 475 g/mol. The molecule has 0 saturated carbocycles. The van der Waals surface area contributed by atoms with Gasteiger partial charge in [-0.05, 0) is 39.5 Å². The maximum atomic E-state index is 12.1. The smallest absolute Gasteiger partial charge is 0.407 e. The van der Waals surface area contributed by atoms with E-state index in [4.69, 9.17) is 9.47 Å². The summed E-state index contributed by atoms with van der Waals surface area (Å²) < 4.78 is 10.9. The average Bonchev–Trinajstić information content (AvgIpc) is 3.01. The summed E-state index contributed by atoms with van der Waals surface area (Å²) in [5.41, 5.74) is -0.584. The van der Waals surface area contributed by atoms with E-state index in [0.29, 0.717) is 32.1 Å². The third-order valence-electron chi connectivity index (χ3n) is 4.68. The second-order valence-electron chi connectivity index (χ2n) is 8.58. The molecule has 28 heavy (non-hydrogen) atoms. The molecule has 2 atom stereocenters. The lowest BCUT2D eigenvalue weighted by Crippen LogP contribution is -2.51. The zero-order chi connectivity index (χ0) is 20.5. The first kappa shape index (κ1) is 27.2. The van der Waals surface area contributed by atoms with Gasteiger partial charge in [0.15, 0.2) is 5.96 Å². The van der Waals surface area contributed by atoms with E-state index in [9.17, 15) is 9.90 Å². The summed E-state index contributed by atoms with van der Waals surface area (Å²) in [6.07, 6.45) is 1.20. The molecule has 1 heterocycles. The number of nitrogens with zero attached hydrogens (tertiary/aromatic N) is 1. The van der Waals surface area contributed by atoms with Gasteiger partial charge in [-0.3, -0.25) is 4.99 Å². The highest BCUT2D eigenvalue weighted by atomic mass is 127. The second kappa shape index (κ2) is 12.7. The molecule has 8 nitrogen and oxygen atoms in total. The summed E-state index contributed by atoms with van der Waals surface area (Å²) in [5, 5.41) is 18.8. The Labute approximate surface area is 186 Å². The number of amides is 1. The fourth-order valence-corrected chi connectivity index (χ4v) is 2.92. The number of aliphatic hydroxyl groups excluding tert-OH is 1. The van der Waals surface area contributed by atoms with E-state index in [1.165, 1.54) is 0 Å². The molecule has 1 aliphatic heterocycles. The molecular formula is C19H39IN4O4. The van der Waals surface area contributed by atoms with Crippen LogP contribution in [-0.2, 0) is 9.47 Å². The summed E-state index contributed by atoms with van der Waals surface area (Å²) in [5.74, 6) is 0.892. The standard InChI is InChI=1S/C19H38N4O4.HI/c1-14(2)15(23-17(25)27-18(3,4)5)11-21-16(20-6)22-12-19(7-9-24)8-10-26-13-19;/h14-15,24H,7-13H2,1-6H3,(H,23,25)(H2,20,21,22);1H. The highest BCUT2D eigenvalue weighted by Crippen LogP contribution is 2.31. The lowest BCUT2D eigenvalue weighted by molar-refractivity contribution is 0.0491. The second-order valence-corrected chi connectivity index (χ2v) is 8.58. The van der Waals surface area contributed by atoms with Crippen molar-refractivity contribution in [2.45, 2.75) is 59.1 Å². The van der Waals surface area contributed by atoms with Gasteiger partial charge in [0, 0.05) is 38.8 Å². The SMILES string of the molecule is CN=C(NCC(NC(=O)OC(C)(C)C)C(C)C)NCC1(CCO)CCOC1.I. The monoisotopic (exact) mass is 514 g/mol. The number of rotatable bonds is 8. The molecule has 1 aliphatic rings. The minimum atomic E-state index is -0.527. The van der Waals surface area contributed by atoms with Crippen LogP contribution in [0.25, 0.3) is 0 Å². The van der Waals surface area contributed by atoms with Gasteiger partial charge in [0.2, 0.25) is 0 Å². The molecule has 166 valence electrons. The van der Waals surface area contributed by atoms with Crippen LogP contribution < -0.4 is 16.0 Å². The third kappa shape index (κ3) is 10.1. The van der Waals surface area contributed by atoms with Crippen molar-refractivity contribution in [3.8, 4) is 0 Å². The van der Waals surface area contributed by atoms with Gasteiger partial charge in [0.1, 0.15) is 5.60 Å². The number of aliphatic hydroxyl groups is 1.